The first kappa shape index (κ1) is 32.3. The number of nitrogens with zero attached hydrogens (tertiary/aromatic N) is 1. The Kier molecular flexibility index (Phi) is 7.79. The molecule has 3 heterocycles. The highest BCUT2D eigenvalue weighted by Crippen LogP contribution is 2.69. The van der Waals surface area contributed by atoms with Crippen molar-refractivity contribution in [2.75, 3.05) is 16.8 Å². The predicted molar refractivity (Wildman–Crippen MR) is 177 cm³/mol. The van der Waals surface area contributed by atoms with Crippen molar-refractivity contribution >= 4 is 68.1 Å². The Morgan fingerprint density at radius 3 is 2.47 bits per heavy atom. The van der Waals surface area contributed by atoms with Gasteiger partial charge in [-0.25, -0.2) is 4.39 Å². The van der Waals surface area contributed by atoms with Gasteiger partial charge in [0.05, 0.1) is 28.1 Å². The van der Waals surface area contributed by atoms with E-state index >= 15 is 0 Å². The lowest BCUT2D eigenvalue weighted by molar-refractivity contribution is -0.137. The number of thiazole rings is 1. The maximum atomic E-state index is 14.0. The predicted octanol–water partition coefficient (Wildman–Crippen LogP) is 7.05. The summed E-state index contributed by atoms with van der Waals surface area (Å²) in [6.07, 6.45) is -4.07. The van der Waals surface area contributed by atoms with Crippen LogP contribution < -0.4 is 19.8 Å². The lowest BCUT2D eigenvalue weighted by atomic mass is 9.68. The maximum absolute atomic E-state index is 14.0. The summed E-state index contributed by atoms with van der Waals surface area (Å²) in [5.74, 6) is -4.19. The normalized spacial score (nSPS) is 26.8. The maximum Gasteiger partial charge on any atom is 0.416 e. The lowest BCUT2D eigenvalue weighted by Gasteiger charge is -2.43. The van der Waals surface area contributed by atoms with Crippen LogP contribution in [0.2, 0.25) is 0 Å². The van der Waals surface area contributed by atoms with Crippen LogP contribution in [0.3, 0.4) is 0 Å². The van der Waals surface area contributed by atoms with Gasteiger partial charge in [0.15, 0.2) is 6.61 Å². The van der Waals surface area contributed by atoms with Crippen LogP contribution in [0.1, 0.15) is 28.3 Å². The van der Waals surface area contributed by atoms with Crippen LogP contribution in [0.5, 0.6) is 5.75 Å². The van der Waals surface area contributed by atoms with Crippen LogP contribution in [0.4, 0.5) is 28.9 Å². The molecule has 8 rings (SSSR count). The molecule has 3 aromatic carbocycles. The van der Waals surface area contributed by atoms with E-state index in [1.54, 1.807) is 12.1 Å². The Bertz CT molecular complexity index is 2090. The summed E-state index contributed by atoms with van der Waals surface area (Å²) in [4.78, 5) is 57.8. The molecule has 2 bridgehead atoms. The summed E-state index contributed by atoms with van der Waals surface area (Å²) < 4.78 is 60.8. The summed E-state index contributed by atoms with van der Waals surface area (Å²) in [5, 5.41) is 3.15. The van der Waals surface area contributed by atoms with E-state index in [9.17, 15) is 36.7 Å². The molecule has 252 valence electrons. The number of amides is 3. The number of nitrogens with one attached hydrogen (secondary N) is 2. The third-order valence-electron chi connectivity index (χ3n) is 9.95. The van der Waals surface area contributed by atoms with Gasteiger partial charge in [0, 0.05) is 31.8 Å². The van der Waals surface area contributed by atoms with Crippen LogP contribution in [0.25, 0.3) is 0 Å². The average Bonchev–Trinajstić information content (AvgIpc) is 3.80. The fraction of sp³-hybridized carbons (Fsp3) is 0.294. The Morgan fingerprint density at radius 2 is 1.73 bits per heavy atom. The minimum atomic E-state index is -4.64. The van der Waals surface area contributed by atoms with Crippen molar-refractivity contribution in [2.24, 2.45) is 29.6 Å². The van der Waals surface area contributed by atoms with Crippen molar-refractivity contribution in [3.8, 4) is 5.75 Å². The fourth-order valence-corrected chi connectivity index (χ4v) is 11.5. The van der Waals surface area contributed by atoms with E-state index < -0.39 is 53.0 Å². The SMILES string of the molecule is O=C(COc1ccc(Br)cc1[C@@H]1c2sc(=O)[nH]c2S[C@@H]2[C@@H]3C[C@@H]([C@@H]4C(=O)N(c5cccc(C(F)(F)F)c5)C(=O)[C@@H]34)[C@H]12)Nc1ccc(F)cc1. The Morgan fingerprint density at radius 1 is 1.00 bits per heavy atom. The molecule has 2 N–H and O–H groups in total. The number of fused-ring (bicyclic) bond motifs is 9. The van der Waals surface area contributed by atoms with Gasteiger partial charge in [0.25, 0.3) is 5.91 Å². The van der Waals surface area contributed by atoms with E-state index in [2.05, 4.69) is 26.2 Å². The zero-order chi connectivity index (χ0) is 34.4. The molecule has 2 aliphatic heterocycles. The molecular formula is C34H24BrF4N3O5S2. The highest BCUT2D eigenvalue weighted by atomic mass is 79.9. The number of H-pyrrole nitrogens is 1. The minimum absolute atomic E-state index is 0.101. The molecule has 4 aromatic rings. The molecule has 4 aliphatic rings. The van der Waals surface area contributed by atoms with Gasteiger partial charge in [-0.15, -0.1) is 11.8 Å². The molecule has 3 fully saturated rings. The summed E-state index contributed by atoms with van der Waals surface area (Å²) >= 11 is 6.08. The highest BCUT2D eigenvalue weighted by molar-refractivity contribution is 9.10. The molecule has 3 amide bonds. The molecule has 49 heavy (non-hydrogen) atoms. The number of thioether (sulfide) groups is 1. The van der Waals surface area contributed by atoms with E-state index in [1.165, 1.54) is 48.2 Å². The van der Waals surface area contributed by atoms with Crippen LogP contribution in [0, 0.1) is 35.4 Å². The number of carbonyl (C=O) groups is 3. The number of anilines is 2. The Hall–Kier alpha value is -3.95. The first-order valence-corrected chi connectivity index (χ1v) is 17.8. The third kappa shape index (κ3) is 5.40. The summed E-state index contributed by atoms with van der Waals surface area (Å²) in [6.45, 7) is -0.368. The molecular weight excluding hydrogens is 750 g/mol. The monoisotopic (exact) mass is 773 g/mol. The fourth-order valence-electron chi connectivity index (χ4n) is 8.21. The van der Waals surface area contributed by atoms with Crippen LogP contribution in [-0.2, 0) is 20.6 Å². The van der Waals surface area contributed by atoms with Crippen molar-refractivity contribution < 1.29 is 36.7 Å². The summed E-state index contributed by atoms with van der Waals surface area (Å²) in [6, 6.07) is 14.9. The van der Waals surface area contributed by atoms with E-state index in [0.717, 1.165) is 33.2 Å². The quantitative estimate of drug-likeness (QED) is 0.161. The first-order chi connectivity index (χ1) is 23.4. The molecule has 1 saturated heterocycles. The number of imide groups is 1. The topological polar surface area (TPSA) is 109 Å². The van der Waals surface area contributed by atoms with E-state index in [1.807, 2.05) is 6.07 Å². The number of ether oxygens (including phenoxy) is 1. The average molecular weight is 775 g/mol. The van der Waals surface area contributed by atoms with Gasteiger partial charge in [-0.3, -0.25) is 24.1 Å². The Balaban J connectivity index is 1.13. The van der Waals surface area contributed by atoms with E-state index in [0.29, 0.717) is 32.9 Å². The Labute approximate surface area is 292 Å². The van der Waals surface area contributed by atoms with Gasteiger partial charge < -0.3 is 15.0 Å². The van der Waals surface area contributed by atoms with Gasteiger partial charge in [-0.1, -0.05) is 33.3 Å². The van der Waals surface area contributed by atoms with Crippen molar-refractivity contribution in [3.63, 3.8) is 0 Å². The minimum Gasteiger partial charge on any atom is -0.483 e. The van der Waals surface area contributed by atoms with Crippen LogP contribution in [-0.4, -0.2) is 34.6 Å². The number of carbonyl (C=O) groups excluding carboxylic acids is 3. The molecule has 7 atom stereocenters. The van der Waals surface area contributed by atoms with E-state index in [-0.39, 0.29) is 40.2 Å². The standard InChI is InChI=1S/C34H24BrF4N3O5S2/c35-15-4-9-22(47-13-23(43)40-17-7-5-16(36)6-8-17)19(11-15)24-25-20-12-21(28(25)48-30-29(24)49-33(46)41-30)27-26(20)31(44)42(32(27)45)18-3-1-2-14(10-18)34(37,38)39/h1-11,20-21,24-28H,12-13H2,(H,40,43)(H,41,46)/t20-,21-,24+,25-,26+,27+,28-/m1/s1. The first-order valence-electron chi connectivity index (χ1n) is 15.3. The molecule has 2 aliphatic carbocycles. The number of aromatic nitrogens is 1. The van der Waals surface area contributed by atoms with Crippen LogP contribution >= 0.6 is 39.0 Å². The number of halogens is 5. The molecule has 0 radical (unpaired) electrons. The molecule has 2 saturated carbocycles. The zero-order valence-corrected chi connectivity index (χ0v) is 28.2. The molecule has 15 heteroatoms. The van der Waals surface area contributed by atoms with Crippen molar-refractivity contribution in [2.45, 2.75) is 28.8 Å². The lowest BCUT2D eigenvalue weighted by Crippen LogP contribution is -2.42. The zero-order valence-electron chi connectivity index (χ0n) is 25.0. The highest BCUT2D eigenvalue weighted by Gasteiger charge is 2.70. The third-order valence-corrected chi connectivity index (χ3v) is 13.0. The van der Waals surface area contributed by atoms with Gasteiger partial charge in [-0.2, -0.15) is 13.2 Å². The van der Waals surface area contributed by atoms with Crippen molar-refractivity contribution in [1.29, 1.82) is 0 Å². The van der Waals surface area contributed by atoms with Gasteiger partial charge in [0.2, 0.25) is 11.8 Å². The molecule has 8 nitrogen and oxygen atoms in total. The van der Waals surface area contributed by atoms with E-state index in [4.69, 9.17) is 4.74 Å². The largest absolute Gasteiger partial charge is 0.483 e. The van der Waals surface area contributed by atoms with Crippen LogP contribution in [0.15, 0.2) is 81.0 Å². The van der Waals surface area contributed by atoms with Gasteiger partial charge >= 0.3 is 11.0 Å². The molecule has 0 spiro atoms. The second-order valence-electron chi connectivity index (χ2n) is 12.5. The molecule has 0 unspecified atom stereocenters. The summed E-state index contributed by atoms with van der Waals surface area (Å²) in [5.41, 5.74) is 0.0328. The smallest absolute Gasteiger partial charge is 0.416 e. The number of aromatic amines is 1. The number of benzene rings is 3. The van der Waals surface area contributed by atoms with Crippen molar-refractivity contribution in [1.82, 2.24) is 4.98 Å². The number of hydrogen-bond donors (Lipinski definition) is 2. The summed E-state index contributed by atoms with van der Waals surface area (Å²) in [7, 11) is 0. The van der Waals surface area contributed by atoms with Crippen molar-refractivity contribution in [3.05, 3.63) is 103 Å². The number of hydrogen-bond acceptors (Lipinski definition) is 7. The number of rotatable bonds is 6. The second kappa shape index (κ2) is 11.8. The molecule has 1 aromatic heterocycles. The van der Waals surface area contributed by atoms with Gasteiger partial charge in [-0.05, 0) is 84.8 Å². The number of alkyl halides is 3. The second-order valence-corrected chi connectivity index (χ2v) is 15.7. The van der Waals surface area contributed by atoms with Gasteiger partial charge in [0.1, 0.15) is 11.6 Å².